The first-order valence-electron chi connectivity index (χ1n) is 8.85. The molecule has 1 aromatic carbocycles. The number of benzene rings is 1. The van der Waals surface area contributed by atoms with Crippen molar-refractivity contribution < 1.29 is 27.9 Å². The number of hydrogen-bond acceptors (Lipinski definition) is 7. The van der Waals surface area contributed by atoms with E-state index in [2.05, 4.69) is 5.32 Å². The molecule has 152 valence electrons. The van der Waals surface area contributed by atoms with E-state index in [-0.39, 0.29) is 31.0 Å². The summed E-state index contributed by atoms with van der Waals surface area (Å²) in [6.45, 7) is 0.301. The lowest BCUT2D eigenvalue weighted by molar-refractivity contribution is -0.136. The molecule has 2 aliphatic heterocycles. The van der Waals surface area contributed by atoms with Crippen LogP contribution in [0.5, 0.6) is 0 Å². The molecule has 9 nitrogen and oxygen atoms in total. The van der Waals surface area contributed by atoms with E-state index < -0.39 is 21.9 Å². The van der Waals surface area contributed by atoms with Gasteiger partial charge in [0.15, 0.2) is 0 Å². The lowest BCUT2D eigenvalue weighted by Gasteiger charge is -2.29. The number of methoxy groups -OCH3 is 1. The fraction of sp³-hybridized carbons (Fsp3) is 0.444. The molecule has 0 bridgehead atoms. The van der Waals surface area contributed by atoms with Gasteiger partial charge in [-0.15, -0.1) is 0 Å². The second-order valence-electron chi connectivity index (χ2n) is 6.70. The zero-order valence-electron chi connectivity index (χ0n) is 15.8. The molecule has 0 unspecified atom stereocenters. The van der Waals surface area contributed by atoms with Crippen LogP contribution in [0.25, 0.3) is 0 Å². The summed E-state index contributed by atoms with van der Waals surface area (Å²) >= 11 is 0. The molecule has 2 N–H and O–H groups in total. The van der Waals surface area contributed by atoms with Gasteiger partial charge >= 0.3 is 5.97 Å². The molecule has 2 aliphatic rings. The Balaban J connectivity index is 1.96. The smallest absolute Gasteiger partial charge is 0.337 e. The Morgan fingerprint density at radius 1 is 1.36 bits per heavy atom. The first kappa shape index (κ1) is 20.2. The molecule has 0 aromatic heterocycles. The molecule has 0 fully saturated rings. The van der Waals surface area contributed by atoms with Crippen molar-refractivity contribution in [1.29, 1.82) is 0 Å². The van der Waals surface area contributed by atoms with E-state index in [1.54, 1.807) is 12.1 Å². The Morgan fingerprint density at radius 3 is 2.75 bits per heavy atom. The van der Waals surface area contributed by atoms with Crippen LogP contribution in [0.1, 0.15) is 12.0 Å². The van der Waals surface area contributed by atoms with Gasteiger partial charge in [-0.3, -0.25) is 9.10 Å². The van der Waals surface area contributed by atoms with E-state index in [0.717, 1.165) is 24.7 Å². The van der Waals surface area contributed by atoms with Crippen molar-refractivity contribution in [2.75, 3.05) is 49.2 Å². The lowest BCUT2D eigenvalue weighted by atomic mass is 10.0. The van der Waals surface area contributed by atoms with Gasteiger partial charge in [-0.25, -0.2) is 13.2 Å². The van der Waals surface area contributed by atoms with Crippen LogP contribution in [0.2, 0.25) is 0 Å². The van der Waals surface area contributed by atoms with Crippen molar-refractivity contribution in [2.24, 2.45) is 0 Å². The summed E-state index contributed by atoms with van der Waals surface area (Å²) in [4.78, 5) is 26.0. The predicted molar refractivity (Wildman–Crippen MR) is 103 cm³/mol. The number of carbonyl (C=O) groups is 2. The summed E-state index contributed by atoms with van der Waals surface area (Å²) in [6, 6.07) is 5.23. The molecule has 0 saturated carbocycles. The number of aryl methyl sites for hydroxylation is 1. The van der Waals surface area contributed by atoms with Crippen molar-refractivity contribution >= 4 is 33.3 Å². The number of ether oxygens (including phenoxy) is 1. The van der Waals surface area contributed by atoms with Crippen molar-refractivity contribution in [2.45, 2.75) is 12.8 Å². The van der Waals surface area contributed by atoms with Crippen LogP contribution >= 0.6 is 0 Å². The molecule has 0 atom stereocenters. The number of carbonyl (C=O) groups excluding carboxylic acids is 2. The number of nitrogens with zero attached hydrogens (tertiary/aromatic N) is 2. The van der Waals surface area contributed by atoms with Gasteiger partial charge in [0.25, 0.3) is 5.91 Å². The molecule has 3 rings (SSSR count). The molecule has 10 heteroatoms. The molecule has 0 radical (unpaired) electrons. The van der Waals surface area contributed by atoms with E-state index in [0.29, 0.717) is 17.9 Å². The minimum Gasteiger partial charge on any atom is -0.466 e. The highest BCUT2D eigenvalue weighted by atomic mass is 32.2. The standard InChI is InChI=1S/C18H23N3O6S/c1-27-18(24)14-11-20(8-9-22)17(23)16(14)19-13-6-5-12-4-3-7-21(15(12)10-13)28(2,25)26/h5-6,10,19,22H,3-4,7-9,11H2,1-2H3. The van der Waals surface area contributed by atoms with Crippen LogP contribution in [-0.4, -0.2) is 69.9 Å². The number of β-amino-alcohol motifs (C(OH)–C–C–N with tert-alkyl or cyclic N) is 1. The Hall–Kier alpha value is -2.59. The van der Waals surface area contributed by atoms with Crippen LogP contribution in [0.4, 0.5) is 11.4 Å². The van der Waals surface area contributed by atoms with Crippen molar-refractivity contribution in [3.63, 3.8) is 0 Å². The van der Waals surface area contributed by atoms with Crippen LogP contribution in [0.15, 0.2) is 29.5 Å². The number of nitrogens with one attached hydrogen (secondary N) is 1. The number of hydrogen-bond donors (Lipinski definition) is 2. The summed E-state index contributed by atoms with van der Waals surface area (Å²) < 4.78 is 30.3. The number of amides is 1. The highest BCUT2D eigenvalue weighted by Crippen LogP contribution is 2.33. The fourth-order valence-electron chi connectivity index (χ4n) is 3.46. The number of rotatable bonds is 6. The molecule has 2 heterocycles. The third-order valence-corrected chi connectivity index (χ3v) is 5.96. The summed E-state index contributed by atoms with van der Waals surface area (Å²) in [6.07, 6.45) is 2.66. The Kier molecular flexibility index (Phi) is 5.61. The van der Waals surface area contributed by atoms with Crippen molar-refractivity contribution in [3.05, 3.63) is 35.0 Å². The maximum atomic E-state index is 12.6. The van der Waals surface area contributed by atoms with E-state index in [1.165, 1.54) is 16.3 Å². The molecular weight excluding hydrogens is 386 g/mol. The molecule has 0 spiro atoms. The van der Waals surface area contributed by atoms with Gasteiger partial charge in [0.2, 0.25) is 10.0 Å². The second kappa shape index (κ2) is 7.80. The first-order chi connectivity index (χ1) is 13.3. The fourth-order valence-corrected chi connectivity index (χ4v) is 4.44. The highest BCUT2D eigenvalue weighted by molar-refractivity contribution is 7.92. The van der Waals surface area contributed by atoms with Gasteiger partial charge in [0.1, 0.15) is 5.70 Å². The zero-order valence-corrected chi connectivity index (χ0v) is 16.6. The van der Waals surface area contributed by atoms with Gasteiger partial charge in [-0.05, 0) is 30.5 Å². The largest absolute Gasteiger partial charge is 0.466 e. The number of esters is 1. The maximum absolute atomic E-state index is 12.6. The third kappa shape index (κ3) is 3.83. The van der Waals surface area contributed by atoms with Crippen molar-refractivity contribution in [3.8, 4) is 0 Å². The van der Waals surface area contributed by atoms with Crippen molar-refractivity contribution in [1.82, 2.24) is 4.90 Å². The van der Waals surface area contributed by atoms with Gasteiger partial charge in [0, 0.05) is 18.8 Å². The van der Waals surface area contributed by atoms with Crippen LogP contribution in [0, 0.1) is 0 Å². The van der Waals surface area contributed by atoms with Gasteiger partial charge in [0.05, 0.1) is 37.8 Å². The van der Waals surface area contributed by atoms with Crippen LogP contribution in [0.3, 0.4) is 0 Å². The molecular formula is C18H23N3O6S. The zero-order chi connectivity index (χ0) is 20.5. The van der Waals surface area contributed by atoms with Crippen LogP contribution in [-0.2, 0) is 30.8 Å². The molecule has 0 aliphatic carbocycles. The summed E-state index contributed by atoms with van der Waals surface area (Å²) in [5.41, 5.74) is 2.20. The first-order valence-corrected chi connectivity index (χ1v) is 10.7. The average molecular weight is 409 g/mol. The normalized spacial score (nSPS) is 17.0. The second-order valence-corrected chi connectivity index (χ2v) is 8.61. The third-order valence-electron chi connectivity index (χ3n) is 4.78. The summed E-state index contributed by atoms with van der Waals surface area (Å²) in [5.74, 6) is -1.06. The Morgan fingerprint density at radius 2 is 2.11 bits per heavy atom. The van der Waals surface area contributed by atoms with E-state index in [4.69, 9.17) is 9.84 Å². The Labute approximate surface area is 163 Å². The number of anilines is 2. The predicted octanol–water partition coefficient (Wildman–Crippen LogP) is 0.0723. The highest BCUT2D eigenvalue weighted by Gasteiger charge is 2.34. The summed E-state index contributed by atoms with van der Waals surface area (Å²) in [5, 5.41) is 12.1. The minimum atomic E-state index is -3.42. The number of aliphatic hydroxyl groups excluding tert-OH is 1. The van der Waals surface area contributed by atoms with E-state index in [9.17, 15) is 18.0 Å². The molecule has 0 saturated heterocycles. The minimum absolute atomic E-state index is 0.0365. The maximum Gasteiger partial charge on any atom is 0.337 e. The van der Waals surface area contributed by atoms with E-state index in [1.807, 2.05) is 6.07 Å². The number of aliphatic hydroxyl groups is 1. The number of fused-ring (bicyclic) bond motifs is 1. The quantitative estimate of drug-likeness (QED) is 0.639. The SMILES string of the molecule is COC(=O)C1=C(Nc2ccc3c(c2)N(S(C)(=O)=O)CCC3)C(=O)N(CCO)C1. The molecule has 1 aromatic rings. The topological polar surface area (TPSA) is 116 Å². The van der Waals surface area contributed by atoms with E-state index >= 15 is 0 Å². The molecule has 28 heavy (non-hydrogen) atoms. The van der Waals surface area contributed by atoms with Gasteiger partial charge in [-0.2, -0.15) is 0 Å². The molecule has 1 amide bonds. The van der Waals surface area contributed by atoms with Gasteiger partial charge in [-0.1, -0.05) is 6.07 Å². The van der Waals surface area contributed by atoms with Gasteiger partial charge < -0.3 is 20.1 Å². The summed E-state index contributed by atoms with van der Waals surface area (Å²) in [7, 11) is -2.19. The lowest BCUT2D eigenvalue weighted by Crippen LogP contribution is -2.34. The Bertz CT molecular complexity index is 941. The monoisotopic (exact) mass is 409 g/mol. The number of sulfonamides is 1. The van der Waals surface area contributed by atoms with Crippen LogP contribution < -0.4 is 9.62 Å². The average Bonchev–Trinajstić information content (AvgIpc) is 2.96.